The SMILES string of the molecule is CC(O)C1CC(NCC(F)F)CN(C(C)C)C1. The van der Waals surface area contributed by atoms with Crippen LogP contribution < -0.4 is 5.32 Å². The summed E-state index contributed by atoms with van der Waals surface area (Å²) in [5.41, 5.74) is 0. The van der Waals surface area contributed by atoms with Crippen molar-refractivity contribution in [3.63, 3.8) is 0 Å². The molecular weight excluding hydrogens is 226 g/mol. The fourth-order valence-corrected chi connectivity index (χ4v) is 2.35. The van der Waals surface area contributed by atoms with Crippen LogP contribution in [0.3, 0.4) is 0 Å². The first-order chi connectivity index (χ1) is 7.90. The fraction of sp³-hybridized carbons (Fsp3) is 1.00. The number of nitrogens with one attached hydrogen (secondary N) is 1. The van der Waals surface area contributed by atoms with Crippen LogP contribution >= 0.6 is 0 Å². The molecule has 5 heteroatoms. The summed E-state index contributed by atoms with van der Waals surface area (Å²) in [4.78, 5) is 2.24. The number of hydrogen-bond donors (Lipinski definition) is 2. The Labute approximate surface area is 102 Å². The highest BCUT2D eigenvalue weighted by Crippen LogP contribution is 2.21. The predicted molar refractivity (Wildman–Crippen MR) is 64.3 cm³/mol. The summed E-state index contributed by atoms with van der Waals surface area (Å²) in [5.74, 6) is 0.168. The summed E-state index contributed by atoms with van der Waals surface area (Å²) in [7, 11) is 0. The minimum absolute atomic E-state index is 0.0553. The number of aliphatic hydroxyl groups is 1. The standard InChI is InChI=1S/C12H24F2N2O/c1-8(2)16-6-10(9(3)17)4-11(7-16)15-5-12(13)14/h8-12,15,17H,4-7H2,1-3H3. The van der Waals surface area contributed by atoms with Crippen LogP contribution in [-0.4, -0.2) is 54.3 Å². The van der Waals surface area contributed by atoms with E-state index in [9.17, 15) is 13.9 Å². The maximum Gasteiger partial charge on any atom is 0.250 e. The van der Waals surface area contributed by atoms with Crippen LogP contribution in [0.15, 0.2) is 0 Å². The van der Waals surface area contributed by atoms with Gasteiger partial charge in [-0.25, -0.2) is 8.78 Å². The highest BCUT2D eigenvalue weighted by Gasteiger charge is 2.30. The third-order valence-electron chi connectivity index (χ3n) is 3.48. The summed E-state index contributed by atoms with van der Waals surface area (Å²) in [6, 6.07) is 0.437. The lowest BCUT2D eigenvalue weighted by atomic mass is 9.89. The van der Waals surface area contributed by atoms with Gasteiger partial charge in [0.15, 0.2) is 0 Å². The third kappa shape index (κ3) is 4.85. The highest BCUT2D eigenvalue weighted by atomic mass is 19.3. The van der Waals surface area contributed by atoms with E-state index in [1.54, 1.807) is 6.92 Å². The van der Waals surface area contributed by atoms with Crippen molar-refractivity contribution in [3.8, 4) is 0 Å². The predicted octanol–water partition coefficient (Wildman–Crippen LogP) is 1.32. The number of likely N-dealkylation sites (tertiary alicyclic amines) is 1. The lowest BCUT2D eigenvalue weighted by Gasteiger charge is -2.41. The van der Waals surface area contributed by atoms with Gasteiger partial charge >= 0.3 is 0 Å². The Morgan fingerprint density at radius 1 is 1.29 bits per heavy atom. The Bertz CT molecular complexity index is 209. The zero-order valence-corrected chi connectivity index (χ0v) is 10.9. The van der Waals surface area contributed by atoms with Gasteiger partial charge < -0.3 is 10.4 Å². The third-order valence-corrected chi connectivity index (χ3v) is 3.48. The average Bonchev–Trinajstić information content (AvgIpc) is 2.25. The summed E-state index contributed by atoms with van der Waals surface area (Å²) in [6.45, 7) is 7.33. The van der Waals surface area contributed by atoms with Crippen molar-refractivity contribution in [1.82, 2.24) is 10.2 Å². The summed E-state index contributed by atoms with van der Waals surface area (Å²) in [5, 5.41) is 12.6. The van der Waals surface area contributed by atoms with E-state index >= 15 is 0 Å². The topological polar surface area (TPSA) is 35.5 Å². The number of hydrogen-bond acceptors (Lipinski definition) is 3. The summed E-state index contributed by atoms with van der Waals surface area (Å²) >= 11 is 0. The number of alkyl halides is 2. The molecule has 0 saturated carbocycles. The number of aliphatic hydroxyl groups excluding tert-OH is 1. The normalized spacial score (nSPS) is 28.9. The molecule has 0 amide bonds. The van der Waals surface area contributed by atoms with Gasteiger partial charge in [0.05, 0.1) is 12.6 Å². The van der Waals surface area contributed by atoms with Crippen molar-refractivity contribution in [2.75, 3.05) is 19.6 Å². The first-order valence-corrected chi connectivity index (χ1v) is 6.33. The molecule has 3 atom stereocenters. The van der Waals surface area contributed by atoms with Gasteiger partial charge in [0.25, 0.3) is 6.43 Å². The second-order valence-corrected chi connectivity index (χ2v) is 5.28. The van der Waals surface area contributed by atoms with Gasteiger partial charge in [-0.2, -0.15) is 0 Å². The van der Waals surface area contributed by atoms with E-state index in [-0.39, 0.29) is 24.6 Å². The average molecular weight is 250 g/mol. The summed E-state index contributed by atoms with van der Waals surface area (Å²) in [6.07, 6.45) is -1.92. The van der Waals surface area contributed by atoms with E-state index in [1.807, 2.05) is 0 Å². The van der Waals surface area contributed by atoms with E-state index in [0.29, 0.717) is 6.04 Å². The van der Waals surface area contributed by atoms with Gasteiger partial charge in [-0.05, 0) is 33.1 Å². The van der Waals surface area contributed by atoms with Crippen LogP contribution in [0.5, 0.6) is 0 Å². The molecule has 1 saturated heterocycles. The minimum Gasteiger partial charge on any atom is -0.393 e. The van der Waals surface area contributed by atoms with E-state index in [4.69, 9.17) is 0 Å². The van der Waals surface area contributed by atoms with Gasteiger partial charge in [0.2, 0.25) is 0 Å². The van der Waals surface area contributed by atoms with Crippen molar-refractivity contribution in [3.05, 3.63) is 0 Å². The highest BCUT2D eigenvalue weighted by molar-refractivity contribution is 4.87. The first-order valence-electron chi connectivity index (χ1n) is 6.33. The second-order valence-electron chi connectivity index (χ2n) is 5.28. The van der Waals surface area contributed by atoms with Crippen molar-refractivity contribution < 1.29 is 13.9 Å². The summed E-state index contributed by atoms with van der Waals surface area (Å²) < 4.78 is 24.4. The van der Waals surface area contributed by atoms with Crippen molar-refractivity contribution >= 4 is 0 Å². The molecule has 1 rings (SSSR count). The molecule has 1 aliphatic rings. The van der Waals surface area contributed by atoms with Gasteiger partial charge in [-0.3, -0.25) is 4.90 Å². The number of halogens is 2. The Balaban J connectivity index is 2.52. The maximum atomic E-state index is 12.2. The van der Waals surface area contributed by atoms with Gasteiger partial charge in [0, 0.05) is 25.2 Å². The zero-order chi connectivity index (χ0) is 13.0. The van der Waals surface area contributed by atoms with Gasteiger partial charge in [0.1, 0.15) is 0 Å². The molecule has 17 heavy (non-hydrogen) atoms. The smallest absolute Gasteiger partial charge is 0.250 e. The molecule has 0 aromatic carbocycles. The zero-order valence-electron chi connectivity index (χ0n) is 10.9. The van der Waals surface area contributed by atoms with Crippen LogP contribution in [0.4, 0.5) is 8.78 Å². The lowest BCUT2D eigenvalue weighted by molar-refractivity contribution is 0.0315. The first kappa shape index (κ1) is 14.8. The van der Waals surface area contributed by atoms with Crippen LogP contribution in [0.25, 0.3) is 0 Å². The molecule has 3 unspecified atom stereocenters. The molecular formula is C12H24F2N2O. The molecule has 0 aromatic rings. The molecule has 102 valence electrons. The molecule has 3 nitrogen and oxygen atoms in total. The Morgan fingerprint density at radius 3 is 2.41 bits per heavy atom. The molecule has 1 aliphatic heterocycles. The van der Waals surface area contributed by atoms with Gasteiger partial charge in [-0.15, -0.1) is 0 Å². The van der Waals surface area contributed by atoms with Crippen LogP contribution in [-0.2, 0) is 0 Å². The largest absolute Gasteiger partial charge is 0.393 e. The number of nitrogens with zero attached hydrogens (tertiary/aromatic N) is 1. The molecule has 0 aliphatic carbocycles. The van der Waals surface area contributed by atoms with Crippen molar-refractivity contribution in [2.24, 2.45) is 5.92 Å². The Kier molecular flexibility index (Phi) is 5.76. The molecule has 1 heterocycles. The van der Waals surface area contributed by atoms with Crippen molar-refractivity contribution in [2.45, 2.75) is 51.8 Å². The maximum absolute atomic E-state index is 12.2. The Hall–Kier alpha value is -0.260. The van der Waals surface area contributed by atoms with E-state index in [0.717, 1.165) is 19.5 Å². The van der Waals surface area contributed by atoms with Crippen LogP contribution in [0.2, 0.25) is 0 Å². The second kappa shape index (κ2) is 6.61. The Morgan fingerprint density at radius 2 is 1.94 bits per heavy atom. The van der Waals surface area contributed by atoms with E-state index in [1.165, 1.54) is 0 Å². The van der Waals surface area contributed by atoms with Gasteiger partial charge in [-0.1, -0.05) is 0 Å². The molecule has 1 fully saturated rings. The molecule has 2 N–H and O–H groups in total. The van der Waals surface area contributed by atoms with Crippen LogP contribution in [0.1, 0.15) is 27.2 Å². The number of rotatable bonds is 5. The molecule has 0 spiro atoms. The minimum atomic E-state index is -2.31. The van der Waals surface area contributed by atoms with E-state index < -0.39 is 6.43 Å². The molecule has 0 aromatic heterocycles. The molecule has 0 bridgehead atoms. The van der Waals surface area contributed by atoms with Crippen molar-refractivity contribution in [1.29, 1.82) is 0 Å². The van der Waals surface area contributed by atoms with Crippen LogP contribution in [0, 0.1) is 5.92 Å². The lowest BCUT2D eigenvalue weighted by Crippen LogP contribution is -2.53. The quantitative estimate of drug-likeness (QED) is 0.772. The number of piperidine rings is 1. The fourth-order valence-electron chi connectivity index (χ4n) is 2.35. The monoisotopic (exact) mass is 250 g/mol. The molecule has 0 radical (unpaired) electrons. The van der Waals surface area contributed by atoms with E-state index in [2.05, 4.69) is 24.1 Å².